The summed E-state index contributed by atoms with van der Waals surface area (Å²) in [6, 6.07) is 9.11. The van der Waals surface area contributed by atoms with Crippen LogP contribution in [0.4, 0.5) is 5.69 Å². The van der Waals surface area contributed by atoms with Crippen LogP contribution in [0.3, 0.4) is 0 Å². The van der Waals surface area contributed by atoms with Gasteiger partial charge in [0.15, 0.2) is 0 Å². The standard InChI is InChI=1S/C16H22N2O3/c1-12(2)11-17(3)14(19)16(21)9-10-18(15(16)20)13-7-5-4-6-8-13/h4-8,12,21H,9-11H2,1-3H3/t16-/m0/s1. The van der Waals surface area contributed by atoms with Crippen molar-refractivity contribution in [2.45, 2.75) is 25.9 Å². The molecule has 1 aromatic rings. The molecule has 114 valence electrons. The van der Waals surface area contributed by atoms with E-state index < -0.39 is 17.4 Å². The van der Waals surface area contributed by atoms with Crippen LogP contribution in [0.25, 0.3) is 0 Å². The summed E-state index contributed by atoms with van der Waals surface area (Å²) in [5.74, 6) is -0.766. The predicted molar refractivity (Wildman–Crippen MR) is 80.8 cm³/mol. The lowest BCUT2D eigenvalue weighted by atomic mass is 10.00. The first-order valence-electron chi connectivity index (χ1n) is 7.21. The molecule has 0 unspecified atom stereocenters. The molecule has 1 fully saturated rings. The summed E-state index contributed by atoms with van der Waals surface area (Å²) in [5.41, 5.74) is -1.22. The van der Waals surface area contributed by atoms with Crippen molar-refractivity contribution in [3.63, 3.8) is 0 Å². The van der Waals surface area contributed by atoms with Gasteiger partial charge in [-0.3, -0.25) is 9.59 Å². The summed E-state index contributed by atoms with van der Waals surface area (Å²) in [6.07, 6.45) is 0.127. The summed E-state index contributed by atoms with van der Waals surface area (Å²) in [7, 11) is 1.62. The highest BCUT2D eigenvalue weighted by Crippen LogP contribution is 2.29. The van der Waals surface area contributed by atoms with Gasteiger partial charge >= 0.3 is 0 Å². The summed E-state index contributed by atoms with van der Waals surface area (Å²) >= 11 is 0. The van der Waals surface area contributed by atoms with Crippen molar-refractivity contribution in [3.8, 4) is 0 Å². The van der Waals surface area contributed by atoms with Crippen LogP contribution < -0.4 is 4.90 Å². The van der Waals surface area contributed by atoms with Crippen molar-refractivity contribution in [2.75, 3.05) is 25.0 Å². The number of benzene rings is 1. The molecular weight excluding hydrogens is 268 g/mol. The third-order valence-corrected chi connectivity index (χ3v) is 3.70. The van der Waals surface area contributed by atoms with E-state index in [0.29, 0.717) is 18.8 Å². The van der Waals surface area contributed by atoms with E-state index in [2.05, 4.69) is 0 Å². The SMILES string of the molecule is CC(C)CN(C)C(=O)[C@@]1(O)CCN(c2ccccc2)C1=O. The largest absolute Gasteiger partial charge is 0.372 e. The van der Waals surface area contributed by atoms with Gasteiger partial charge in [-0.25, -0.2) is 0 Å². The lowest BCUT2D eigenvalue weighted by Gasteiger charge is -2.28. The number of nitrogens with zero attached hydrogens (tertiary/aromatic N) is 2. The molecular formula is C16H22N2O3. The Morgan fingerprint density at radius 3 is 2.57 bits per heavy atom. The molecule has 2 rings (SSSR count). The van der Waals surface area contributed by atoms with Gasteiger partial charge in [-0.15, -0.1) is 0 Å². The minimum atomic E-state index is -1.93. The Bertz CT molecular complexity index is 530. The molecule has 5 heteroatoms. The zero-order valence-electron chi connectivity index (χ0n) is 12.7. The fraction of sp³-hybridized carbons (Fsp3) is 0.500. The van der Waals surface area contributed by atoms with E-state index in [1.54, 1.807) is 19.2 Å². The Morgan fingerprint density at radius 2 is 2.00 bits per heavy atom. The zero-order chi connectivity index (χ0) is 15.6. The summed E-state index contributed by atoms with van der Waals surface area (Å²) in [5, 5.41) is 10.6. The molecule has 1 atom stereocenters. The number of amides is 2. The highest BCUT2D eigenvalue weighted by atomic mass is 16.3. The molecule has 1 aliphatic rings. The number of rotatable bonds is 4. The van der Waals surface area contributed by atoms with Crippen LogP contribution in [-0.4, -0.2) is 47.6 Å². The topological polar surface area (TPSA) is 60.9 Å². The van der Waals surface area contributed by atoms with E-state index in [9.17, 15) is 14.7 Å². The number of carbonyl (C=O) groups is 2. The minimum absolute atomic E-state index is 0.127. The van der Waals surface area contributed by atoms with E-state index in [1.165, 1.54) is 9.80 Å². The second-order valence-corrected chi connectivity index (χ2v) is 5.98. The molecule has 5 nitrogen and oxygen atoms in total. The van der Waals surface area contributed by atoms with Gasteiger partial charge in [-0.1, -0.05) is 32.0 Å². The average molecular weight is 290 g/mol. The number of likely N-dealkylation sites (N-methyl/N-ethyl adjacent to an activating group) is 1. The molecule has 0 saturated carbocycles. The van der Waals surface area contributed by atoms with Crippen molar-refractivity contribution < 1.29 is 14.7 Å². The van der Waals surface area contributed by atoms with E-state index in [-0.39, 0.29) is 12.3 Å². The van der Waals surface area contributed by atoms with Crippen LogP contribution >= 0.6 is 0 Å². The van der Waals surface area contributed by atoms with Crippen molar-refractivity contribution in [1.82, 2.24) is 4.90 Å². The monoisotopic (exact) mass is 290 g/mol. The lowest BCUT2D eigenvalue weighted by Crippen LogP contribution is -2.53. The minimum Gasteiger partial charge on any atom is -0.372 e. The maximum Gasteiger partial charge on any atom is 0.268 e. The Hall–Kier alpha value is -1.88. The van der Waals surface area contributed by atoms with Crippen molar-refractivity contribution in [2.24, 2.45) is 5.92 Å². The van der Waals surface area contributed by atoms with Gasteiger partial charge in [0.1, 0.15) is 0 Å². The molecule has 1 aliphatic heterocycles. The first-order chi connectivity index (χ1) is 9.86. The van der Waals surface area contributed by atoms with Gasteiger partial charge in [-0.05, 0) is 18.1 Å². The molecule has 0 aromatic heterocycles. The molecule has 1 heterocycles. The average Bonchev–Trinajstić information content (AvgIpc) is 2.75. The Morgan fingerprint density at radius 1 is 1.38 bits per heavy atom. The molecule has 1 saturated heterocycles. The Kier molecular flexibility index (Phi) is 4.32. The van der Waals surface area contributed by atoms with E-state index in [1.807, 2.05) is 32.0 Å². The molecule has 0 radical (unpaired) electrons. The van der Waals surface area contributed by atoms with Crippen LogP contribution in [-0.2, 0) is 9.59 Å². The third kappa shape index (κ3) is 2.93. The fourth-order valence-corrected chi connectivity index (χ4v) is 2.70. The highest BCUT2D eigenvalue weighted by molar-refractivity contribution is 6.16. The molecule has 1 N–H and O–H groups in total. The number of carbonyl (C=O) groups excluding carboxylic acids is 2. The molecule has 21 heavy (non-hydrogen) atoms. The van der Waals surface area contributed by atoms with Gasteiger partial charge in [-0.2, -0.15) is 0 Å². The van der Waals surface area contributed by atoms with Crippen molar-refractivity contribution in [1.29, 1.82) is 0 Å². The van der Waals surface area contributed by atoms with Crippen LogP contribution in [0.2, 0.25) is 0 Å². The first kappa shape index (κ1) is 15.5. The van der Waals surface area contributed by atoms with E-state index >= 15 is 0 Å². The van der Waals surface area contributed by atoms with Crippen LogP contribution in [0.15, 0.2) is 30.3 Å². The lowest BCUT2D eigenvalue weighted by molar-refractivity contribution is -0.156. The van der Waals surface area contributed by atoms with Crippen molar-refractivity contribution in [3.05, 3.63) is 30.3 Å². The second-order valence-electron chi connectivity index (χ2n) is 5.98. The maximum atomic E-state index is 12.5. The van der Waals surface area contributed by atoms with E-state index in [0.717, 1.165) is 0 Å². The van der Waals surface area contributed by atoms with Crippen LogP contribution in [0.5, 0.6) is 0 Å². The first-order valence-corrected chi connectivity index (χ1v) is 7.21. The van der Waals surface area contributed by atoms with E-state index in [4.69, 9.17) is 0 Å². The van der Waals surface area contributed by atoms with Gasteiger partial charge in [0.05, 0.1) is 0 Å². The van der Waals surface area contributed by atoms with Crippen LogP contribution in [0.1, 0.15) is 20.3 Å². The second kappa shape index (κ2) is 5.85. The smallest absolute Gasteiger partial charge is 0.268 e. The van der Waals surface area contributed by atoms with Crippen LogP contribution in [0, 0.1) is 5.92 Å². The third-order valence-electron chi connectivity index (χ3n) is 3.70. The Labute approximate surface area is 125 Å². The van der Waals surface area contributed by atoms with Gasteiger partial charge in [0, 0.05) is 32.2 Å². The molecule has 1 aromatic carbocycles. The van der Waals surface area contributed by atoms with Gasteiger partial charge in [0.25, 0.3) is 11.8 Å². The Balaban J connectivity index is 2.18. The van der Waals surface area contributed by atoms with Gasteiger partial charge in [0.2, 0.25) is 5.60 Å². The summed E-state index contributed by atoms with van der Waals surface area (Å²) < 4.78 is 0. The number of hydrogen-bond acceptors (Lipinski definition) is 3. The predicted octanol–water partition coefficient (Wildman–Crippen LogP) is 1.27. The highest BCUT2D eigenvalue weighted by Gasteiger charge is 2.52. The molecule has 0 spiro atoms. The normalized spacial score (nSPS) is 22.0. The molecule has 2 amide bonds. The quantitative estimate of drug-likeness (QED) is 0.850. The number of aliphatic hydroxyl groups is 1. The molecule has 0 bridgehead atoms. The number of para-hydroxylation sites is 1. The van der Waals surface area contributed by atoms with Gasteiger partial charge < -0.3 is 14.9 Å². The zero-order valence-corrected chi connectivity index (χ0v) is 12.7. The molecule has 0 aliphatic carbocycles. The number of anilines is 1. The summed E-state index contributed by atoms with van der Waals surface area (Å²) in [4.78, 5) is 27.8. The summed E-state index contributed by atoms with van der Waals surface area (Å²) in [6.45, 7) is 4.83. The number of hydrogen-bond donors (Lipinski definition) is 1. The fourth-order valence-electron chi connectivity index (χ4n) is 2.70. The maximum absolute atomic E-state index is 12.5. The van der Waals surface area contributed by atoms with Crippen molar-refractivity contribution >= 4 is 17.5 Å².